The summed E-state index contributed by atoms with van der Waals surface area (Å²) in [6.45, 7) is 17.5. The molecule has 0 aromatic rings. The molecule has 3 atom stereocenters. The Kier molecular flexibility index (Phi) is 4.22. The van der Waals surface area contributed by atoms with E-state index in [1.807, 2.05) is 13.0 Å². The van der Waals surface area contributed by atoms with Crippen LogP contribution in [-0.4, -0.2) is 25.1 Å². The first-order valence-corrected chi connectivity index (χ1v) is 9.89. The minimum Gasteiger partial charge on any atom is -0.410 e. The first-order valence-electron chi connectivity index (χ1n) is 6.98. The van der Waals surface area contributed by atoms with E-state index in [0.29, 0.717) is 5.92 Å². The molecule has 0 heterocycles. The van der Waals surface area contributed by atoms with Gasteiger partial charge >= 0.3 is 0 Å². The first-order chi connectivity index (χ1) is 7.88. The van der Waals surface area contributed by atoms with Gasteiger partial charge in [-0.25, -0.2) is 0 Å². The fourth-order valence-corrected chi connectivity index (χ4v) is 3.80. The van der Waals surface area contributed by atoms with Crippen molar-refractivity contribution < 1.29 is 9.53 Å². The maximum atomic E-state index is 10.4. The minimum absolute atomic E-state index is 0.0564. The molecule has 0 radical (unpaired) electrons. The Morgan fingerprint density at radius 1 is 1.28 bits per heavy atom. The normalized spacial score (nSPS) is 33.4. The molecule has 0 amide bonds. The average molecular weight is 270 g/mol. The van der Waals surface area contributed by atoms with Gasteiger partial charge in [0, 0.05) is 5.92 Å². The van der Waals surface area contributed by atoms with Gasteiger partial charge in [0.25, 0.3) is 0 Å². The maximum absolute atomic E-state index is 10.4. The SMILES string of the molecule is CC(C)[C@H]1[C@H](O[Si](C)(C)C(C)(C)C)C=CC1(C)O. The molecule has 18 heavy (non-hydrogen) atoms. The fourth-order valence-electron chi connectivity index (χ4n) is 2.54. The summed E-state index contributed by atoms with van der Waals surface area (Å²) < 4.78 is 6.46. The van der Waals surface area contributed by atoms with Crippen LogP contribution >= 0.6 is 0 Å². The highest BCUT2D eigenvalue weighted by molar-refractivity contribution is 6.74. The molecule has 106 valence electrons. The second-order valence-corrected chi connectivity index (χ2v) is 12.5. The molecule has 2 nitrogen and oxygen atoms in total. The highest BCUT2D eigenvalue weighted by Gasteiger charge is 2.47. The number of hydrogen-bond acceptors (Lipinski definition) is 2. The molecule has 0 aromatic carbocycles. The van der Waals surface area contributed by atoms with E-state index in [4.69, 9.17) is 4.43 Å². The lowest BCUT2D eigenvalue weighted by Gasteiger charge is -2.42. The third kappa shape index (κ3) is 3.06. The average Bonchev–Trinajstić information content (AvgIpc) is 2.38. The van der Waals surface area contributed by atoms with Crippen LogP contribution in [0.2, 0.25) is 18.1 Å². The second kappa shape index (κ2) is 4.77. The Morgan fingerprint density at radius 3 is 2.17 bits per heavy atom. The number of rotatable bonds is 3. The molecule has 1 N–H and O–H groups in total. The van der Waals surface area contributed by atoms with Crippen LogP contribution in [0.25, 0.3) is 0 Å². The van der Waals surface area contributed by atoms with E-state index >= 15 is 0 Å². The summed E-state index contributed by atoms with van der Waals surface area (Å²) in [6.07, 6.45) is 4.03. The molecule has 3 heteroatoms. The number of aliphatic hydroxyl groups is 1. The van der Waals surface area contributed by atoms with Gasteiger partial charge in [0.05, 0.1) is 11.7 Å². The van der Waals surface area contributed by atoms with Crippen molar-refractivity contribution >= 4 is 8.32 Å². The standard InChI is InChI=1S/C15H30O2Si/c1-11(2)13-12(9-10-15(13,6)16)17-18(7,8)14(3,4)5/h9-13,16H,1-8H3/t12-,13+,15?/m1/s1. The van der Waals surface area contributed by atoms with Crippen LogP contribution in [0.4, 0.5) is 0 Å². The lowest BCUT2D eigenvalue weighted by atomic mass is 9.82. The van der Waals surface area contributed by atoms with Crippen molar-refractivity contribution in [2.75, 3.05) is 0 Å². The van der Waals surface area contributed by atoms with Gasteiger partial charge in [0.2, 0.25) is 0 Å². The van der Waals surface area contributed by atoms with Gasteiger partial charge in [-0.3, -0.25) is 0 Å². The van der Waals surface area contributed by atoms with E-state index < -0.39 is 13.9 Å². The van der Waals surface area contributed by atoms with Gasteiger partial charge in [-0.1, -0.05) is 46.8 Å². The Labute approximate surface area is 114 Å². The van der Waals surface area contributed by atoms with Crippen molar-refractivity contribution in [3.8, 4) is 0 Å². The molecule has 0 aliphatic heterocycles. The van der Waals surface area contributed by atoms with Crippen molar-refractivity contribution in [1.82, 2.24) is 0 Å². The fraction of sp³-hybridized carbons (Fsp3) is 0.867. The summed E-state index contributed by atoms with van der Waals surface area (Å²) >= 11 is 0. The molecule has 1 rings (SSSR count). The molecule has 0 fully saturated rings. The van der Waals surface area contributed by atoms with E-state index in [2.05, 4.69) is 53.8 Å². The molecule has 1 aliphatic rings. The van der Waals surface area contributed by atoms with Gasteiger partial charge in [0.1, 0.15) is 0 Å². The van der Waals surface area contributed by atoms with Crippen LogP contribution < -0.4 is 0 Å². The molecule has 0 aromatic heterocycles. The highest BCUT2D eigenvalue weighted by Crippen LogP contribution is 2.43. The van der Waals surface area contributed by atoms with E-state index in [1.165, 1.54) is 0 Å². The van der Waals surface area contributed by atoms with Gasteiger partial charge in [-0.2, -0.15) is 0 Å². The topological polar surface area (TPSA) is 29.5 Å². The summed E-state index contributed by atoms with van der Waals surface area (Å²) in [5.74, 6) is 0.566. The van der Waals surface area contributed by atoms with Crippen molar-refractivity contribution in [3.05, 3.63) is 12.2 Å². The molecule has 1 unspecified atom stereocenters. The monoisotopic (exact) mass is 270 g/mol. The third-order valence-corrected chi connectivity index (χ3v) is 9.08. The summed E-state index contributed by atoms with van der Waals surface area (Å²) in [6, 6.07) is 0. The van der Waals surface area contributed by atoms with Crippen LogP contribution in [0.3, 0.4) is 0 Å². The minimum atomic E-state index is -1.78. The predicted molar refractivity (Wildman–Crippen MR) is 80.2 cm³/mol. The molecule has 0 saturated heterocycles. The van der Waals surface area contributed by atoms with Crippen molar-refractivity contribution in [1.29, 1.82) is 0 Å². The molecule has 0 spiro atoms. The summed E-state index contributed by atoms with van der Waals surface area (Å²) in [5.41, 5.74) is -0.735. The number of hydrogen-bond donors (Lipinski definition) is 1. The van der Waals surface area contributed by atoms with Gasteiger partial charge in [-0.15, -0.1) is 0 Å². The van der Waals surface area contributed by atoms with Crippen LogP contribution in [0.15, 0.2) is 12.2 Å². The first kappa shape index (κ1) is 15.9. The van der Waals surface area contributed by atoms with Gasteiger partial charge < -0.3 is 9.53 Å². The van der Waals surface area contributed by atoms with Crippen LogP contribution in [-0.2, 0) is 4.43 Å². The largest absolute Gasteiger partial charge is 0.410 e. The smallest absolute Gasteiger partial charge is 0.192 e. The molecule has 0 bridgehead atoms. The predicted octanol–water partition coefficient (Wildman–Crippen LogP) is 3.97. The van der Waals surface area contributed by atoms with Crippen molar-refractivity contribution in [3.63, 3.8) is 0 Å². The lowest BCUT2D eigenvalue weighted by molar-refractivity contribution is -0.0110. The van der Waals surface area contributed by atoms with Crippen LogP contribution in [0.5, 0.6) is 0 Å². The Morgan fingerprint density at radius 2 is 1.78 bits per heavy atom. The third-order valence-electron chi connectivity index (χ3n) is 4.61. The van der Waals surface area contributed by atoms with Crippen molar-refractivity contribution in [2.45, 2.75) is 71.4 Å². The summed E-state index contributed by atoms with van der Waals surface area (Å²) in [4.78, 5) is 0. The van der Waals surface area contributed by atoms with Crippen LogP contribution in [0.1, 0.15) is 41.5 Å². The van der Waals surface area contributed by atoms with E-state index in [-0.39, 0.29) is 17.1 Å². The van der Waals surface area contributed by atoms with E-state index in [9.17, 15) is 5.11 Å². The quantitative estimate of drug-likeness (QED) is 0.621. The van der Waals surface area contributed by atoms with Gasteiger partial charge in [-0.05, 0) is 31.0 Å². The second-order valence-electron chi connectivity index (χ2n) is 7.70. The molecule has 1 aliphatic carbocycles. The van der Waals surface area contributed by atoms with Gasteiger partial charge in [0.15, 0.2) is 8.32 Å². The highest BCUT2D eigenvalue weighted by atomic mass is 28.4. The van der Waals surface area contributed by atoms with E-state index in [0.717, 1.165) is 0 Å². The zero-order chi connectivity index (χ0) is 14.4. The van der Waals surface area contributed by atoms with E-state index in [1.54, 1.807) is 0 Å². The zero-order valence-electron chi connectivity index (χ0n) is 13.2. The Bertz CT molecular complexity index is 324. The Balaban J connectivity index is 2.89. The maximum Gasteiger partial charge on any atom is 0.192 e. The molecular formula is C15H30O2Si. The molecule has 0 saturated carbocycles. The summed E-state index contributed by atoms with van der Waals surface area (Å²) in [7, 11) is -1.78. The van der Waals surface area contributed by atoms with Crippen molar-refractivity contribution in [2.24, 2.45) is 11.8 Å². The van der Waals surface area contributed by atoms with Crippen LogP contribution in [0, 0.1) is 11.8 Å². The summed E-state index contributed by atoms with van der Waals surface area (Å²) in [5, 5.41) is 10.6. The zero-order valence-corrected chi connectivity index (χ0v) is 14.2. The Hall–Kier alpha value is -0.123. The molecular weight excluding hydrogens is 240 g/mol. The lowest BCUT2D eigenvalue weighted by Crippen LogP contribution is -2.48.